The van der Waals surface area contributed by atoms with Gasteiger partial charge in [0.2, 0.25) is 0 Å². The molecule has 2 atom stereocenters. The SMILES string of the molecule is CSc1ccc(CN2C[C@H]3CNC[C@H]3C2)cc1. The highest BCUT2D eigenvalue weighted by Crippen LogP contribution is 2.27. The third-order valence-electron chi connectivity index (χ3n) is 4.03. The number of likely N-dealkylation sites (tertiary alicyclic amines) is 1. The van der Waals surface area contributed by atoms with Gasteiger partial charge < -0.3 is 5.32 Å². The fourth-order valence-corrected chi connectivity index (χ4v) is 3.48. The molecule has 0 bridgehead atoms. The Kier molecular flexibility index (Phi) is 3.41. The summed E-state index contributed by atoms with van der Waals surface area (Å²) in [5, 5.41) is 3.49. The molecular formula is C14H20N2S. The van der Waals surface area contributed by atoms with Gasteiger partial charge in [-0.1, -0.05) is 12.1 Å². The lowest BCUT2D eigenvalue weighted by Crippen LogP contribution is -2.25. The summed E-state index contributed by atoms with van der Waals surface area (Å²) in [6.45, 7) is 6.14. The van der Waals surface area contributed by atoms with Crippen molar-refractivity contribution >= 4 is 11.8 Å². The number of fused-ring (bicyclic) bond motifs is 1. The van der Waals surface area contributed by atoms with Crippen LogP contribution in [0.1, 0.15) is 5.56 Å². The minimum atomic E-state index is 0.903. The molecule has 2 aliphatic heterocycles. The Morgan fingerprint density at radius 1 is 1.18 bits per heavy atom. The van der Waals surface area contributed by atoms with Crippen molar-refractivity contribution in [2.24, 2.45) is 11.8 Å². The summed E-state index contributed by atoms with van der Waals surface area (Å²) in [7, 11) is 0. The van der Waals surface area contributed by atoms with Crippen molar-refractivity contribution in [2.75, 3.05) is 32.4 Å². The second kappa shape index (κ2) is 5.01. The summed E-state index contributed by atoms with van der Waals surface area (Å²) in [4.78, 5) is 3.97. The molecule has 2 nitrogen and oxygen atoms in total. The summed E-state index contributed by atoms with van der Waals surface area (Å²) in [5.41, 5.74) is 1.45. The Hall–Kier alpha value is -0.510. The zero-order valence-corrected chi connectivity index (χ0v) is 11.2. The van der Waals surface area contributed by atoms with Gasteiger partial charge in [0.1, 0.15) is 0 Å². The van der Waals surface area contributed by atoms with Crippen LogP contribution in [0.25, 0.3) is 0 Å². The van der Waals surface area contributed by atoms with Crippen LogP contribution in [-0.2, 0) is 6.54 Å². The number of nitrogens with one attached hydrogen (secondary N) is 1. The highest BCUT2D eigenvalue weighted by Gasteiger charge is 2.35. The fraction of sp³-hybridized carbons (Fsp3) is 0.571. The summed E-state index contributed by atoms with van der Waals surface area (Å²) in [6, 6.07) is 9.02. The van der Waals surface area contributed by atoms with Crippen LogP contribution in [0.5, 0.6) is 0 Å². The molecule has 92 valence electrons. The highest BCUT2D eigenvalue weighted by atomic mass is 32.2. The highest BCUT2D eigenvalue weighted by molar-refractivity contribution is 7.98. The zero-order valence-electron chi connectivity index (χ0n) is 10.4. The van der Waals surface area contributed by atoms with Crippen LogP contribution in [0.15, 0.2) is 29.2 Å². The van der Waals surface area contributed by atoms with E-state index in [1.807, 2.05) is 11.8 Å². The molecule has 3 heteroatoms. The van der Waals surface area contributed by atoms with E-state index in [0.29, 0.717) is 0 Å². The average Bonchev–Trinajstić information content (AvgIpc) is 2.90. The number of rotatable bonds is 3. The second-order valence-corrected chi connectivity index (χ2v) is 6.10. The first-order valence-corrected chi connectivity index (χ1v) is 7.63. The summed E-state index contributed by atoms with van der Waals surface area (Å²) < 4.78 is 0. The lowest BCUT2D eigenvalue weighted by molar-refractivity contribution is 0.305. The van der Waals surface area contributed by atoms with E-state index in [-0.39, 0.29) is 0 Å². The first kappa shape index (κ1) is 11.6. The number of thioether (sulfide) groups is 1. The van der Waals surface area contributed by atoms with Crippen molar-refractivity contribution in [3.8, 4) is 0 Å². The molecule has 2 heterocycles. The first-order chi connectivity index (χ1) is 8.35. The third kappa shape index (κ3) is 2.51. The second-order valence-electron chi connectivity index (χ2n) is 5.22. The molecule has 3 rings (SSSR count). The first-order valence-electron chi connectivity index (χ1n) is 6.41. The predicted octanol–water partition coefficient (Wildman–Crippen LogP) is 2.06. The molecule has 1 aromatic rings. The summed E-state index contributed by atoms with van der Waals surface area (Å²) in [6.07, 6.45) is 2.13. The molecule has 1 aromatic carbocycles. The molecule has 1 N–H and O–H groups in total. The number of hydrogen-bond donors (Lipinski definition) is 1. The Morgan fingerprint density at radius 2 is 1.82 bits per heavy atom. The number of benzene rings is 1. The monoisotopic (exact) mass is 248 g/mol. The third-order valence-corrected chi connectivity index (χ3v) is 4.77. The predicted molar refractivity (Wildman–Crippen MR) is 73.3 cm³/mol. The molecule has 0 aliphatic carbocycles. The Bertz CT molecular complexity index is 364. The van der Waals surface area contributed by atoms with E-state index in [2.05, 4.69) is 40.7 Å². The lowest BCUT2D eigenvalue weighted by Gasteiger charge is -2.17. The Balaban J connectivity index is 1.59. The standard InChI is InChI=1S/C14H20N2S/c1-17-14-4-2-11(3-5-14)8-16-9-12-6-15-7-13(12)10-16/h2-5,12-13,15H,6-10H2,1H3/t12-,13+. The van der Waals surface area contributed by atoms with E-state index < -0.39 is 0 Å². The van der Waals surface area contributed by atoms with Gasteiger partial charge in [-0.3, -0.25) is 4.90 Å². The smallest absolute Gasteiger partial charge is 0.0234 e. The summed E-state index contributed by atoms with van der Waals surface area (Å²) >= 11 is 1.81. The van der Waals surface area contributed by atoms with Crippen molar-refractivity contribution in [1.29, 1.82) is 0 Å². The molecule has 0 aromatic heterocycles. The van der Waals surface area contributed by atoms with Gasteiger partial charge in [0.05, 0.1) is 0 Å². The van der Waals surface area contributed by atoms with E-state index in [0.717, 1.165) is 18.4 Å². The molecule has 0 saturated carbocycles. The molecule has 0 unspecified atom stereocenters. The quantitative estimate of drug-likeness (QED) is 0.824. The van der Waals surface area contributed by atoms with E-state index >= 15 is 0 Å². The fourth-order valence-electron chi connectivity index (χ4n) is 3.07. The largest absolute Gasteiger partial charge is 0.316 e. The maximum Gasteiger partial charge on any atom is 0.0234 e. The molecule has 17 heavy (non-hydrogen) atoms. The minimum absolute atomic E-state index is 0.903. The Morgan fingerprint density at radius 3 is 2.41 bits per heavy atom. The molecule has 2 fully saturated rings. The van der Waals surface area contributed by atoms with Gasteiger partial charge in [-0.25, -0.2) is 0 Å². The molecule has 0 spiro atoms. The van der Waals surface area contributed by atoms with E-state index in [9.17, 15) is 0 Å². The van der Waals surface area contributed by atoms with E-state index in [1.54, 1.807) is 0 Å². The van der Waals surface area contributed by atoms with Crippen LogP contribution in [0, 0.1) is 11.8 Å². The molecule has 0 amide bonds. The van der Waals surface area contributed by atoms with Gasteiger partial charge in [-0.05, 0) is 48.9 Å². The topological polar surface area (TPSA) is 15.3 Å². The van der Waals surface area contributed by atoms with E-state index in [4.69, 9.17) is 0 Å². The van der Waals surface area contributed by atoms with Crippen molar-refractivity contribution in [3.63, 3.8) is 0 Å². The van der Waals surface area contributed by atoms with Crippen molar-refractivity contribution in [2.45, 2.75) is 11.4 Å². The number of hydrogen-bond acceptors (Lipinski definition) is 3. The van der Waals surface area contributed by atoms with Crippen LogP contribution in [0.4, 0.5) is 0 Å². The maximum absolute atomic E-state index is 3.49. The normalized spacial score (nSPS) is 28.5. The van der Waals surface area contributed by atoms with Crippen LogP contribution in [0.3, 0.4) is 0 Å². The van der Waals surface area contributed by atoms with Crippen LogP contribution >= 0.6 is 11.8 Å². The zero-order chi connectivity index (χ0) is 11.7. The van der Waals surface area contributed by atoms with Crippen LogP contribution < -0.4 is 5.32 Å². The van der Waals surface area contributed by atoms with Crippen molar-refractivity contribution in [3.05, 3.63) is 29.8 Å². The van der Waals surface area contributed by atoms with Gasteiger partial charge in [-0.15, -0.1) is 11.8 Å². The van der Waals surface area contributed by atoms with E-state index in [1.165, 1.54) is 36.6 Å². The van der Waals surface area contributed by atoms with Gasteiger partial charge in [-0.2, -0.15) is 0 Å². The van der Waals surface area contributed by atoms with Crippen molar-refractivity contribution in [1.82, 2.24) is 10.2 Å². The number of nitrogens with zero attached hydrogens (tertiary/aromatic N) is 1. The Labute approximate surface area is 108 Å². The van der Waals surface area contributed by atoms with Gasteiger partial charge in [0.15, 0.2) is 0 Å². The van der Waals surface area contributed by atoms with Crippen molar-refractivity contribution < 1.29 is 0 Å². The molecule has 2 saturated heterocycles. The molecule has 2 aliphatic rings. The maximum atomic E-state index is 3.49. The van der Waals surface area contributed by atoms with Crippen LogP contribution in [0.2, 0.25) is 0 Å². The molecule has 0 radical (unpaired) electrons. The van der Waals surface area contributed by atoms with Gasteiger partial charge in [0, 0.05) is 24.5 Å². The van der Waals surface area contributed by atoms with Gasteiger partial charge >= 0.3 is 0 Å². The van der Waals surface area contributed by atoms with Crippen LogP contribution in [-0.4, -0.2) is 37.3 Å². The summed E-state index contributed by atoms with van der Waals surface area (Å²) in [5.74, 6) is 1.81. The lowest BCUT2D eigenvalue weighted by atomic mass is 10.0. The average molecular weight is 248 g/mol. The van der Waals surface area contributed by atoms with Gasteiger partial charge in [0.25, 0.3) is 0 Å². The molecular weight excluding hydrogens is 228 g/mol. The minimum Gasteiger partial charge on any atom is -0.316 e.